The molecule has 2 atom stereocenters. The van der Waals surface area contributed by atoms with Crippen molar-refractivity contribution < 1.29 is 9.13 Å². The van der Waals surface area contributed by atoms with E-state index in [1.54, 1.807) is 6.07 Å². The summed E-state index contributed by atoms with van der Waals surface area (Å²) in [6, 6.07) is 6.26. The lowest BCUT2D eigenvalue weighted by Crippen LogP contribution is -2.26. The molecule has 3 rings (SSSR count). The van der Waals surface area contributed by atoms with Crippen LogP contribution in [0.25, 0.3) is 0 Å². The minimum atomic E-state index is -0.471. The number of rotatable bonds is 7. The van der Waals surface area contributed by atoms with Gasteiger partial charge in [-0.1, -0.05) is 51.2 Å². The van der Waals surface area contributed by atoms with E-state index in [0.29, 0.717) is 18.1 Å². The molecule has 2 aliphatic rings. The maximum Gasteiger partial charge on any atom is 0.166 e. The lowest BCUT2D eigenvalue weighted by Gasteiger charge is -2.38. The molecule has 152 valence electrons. The standard InChI is InChI=1S/C25H34FNO/c1-2-5-20-6-3-8-23(16-20)22-12-9-19(10-13-22)7-4-15-28-25-14-11-21(18-27)17-24(25)26/h4,7,11,14,17,19-20,22-23H,2-3,5-6,8-10,12-13,15-16H2,1H3/b7-4+. The summed E-state index contributed by atoms with van der Waals surface area (Å²) in [6.07, 6.45) is 18.2. The van der Waals surface area contributed by atoms with E-state index in [-0.39, 0.29) is 5.75 Å². The van der Waals surface area contributed by atoms with E-state index < -0.39 is 5.82 Å². The molecule has 0 aromatic heterocycles. The fourth-order valence-electron chi connectivity index (χ4n) is 5.31. The number of nitriles is 1. The van der Waals surface area contributed by atoms with Crippen molar-refractivity contribution in [3.05, 3.63) is 41.7 Å². The summed E-state index contributed by atoms with van der Waals surface area (Å²) in [5, 5.41) is 8.78. The van der Waals surface area contributed by atoms with E-state index in [1.165, 1.54) is 76.3 Å². The first-order valence-corrected chi connectivity index (χ1v) is 11.2. The largest absolute Gasteiger partial charge is 0.486 e. The summed E-state index contributed by atoms with van der Waals surface area (Å²) >= 11 is 0. The fourth-order valence-corrected chi connectivity index (χ4v) is 5.31. The second kappa shape index (κ2) is 10.6. The third kappa shape index (κ3) is 5.84. The first-order valence-electron chi connectivity index (χ1n) is 11.2. The molecule has 0 spiro atoms. The van der Waals surface area contributed by atoms with Gasteiger partial charge in [0.2, 0.25) is 0 Å². The first kappa shape index (κ1) is 20.9. The molecule has 0 N–H and O–H groups in total. The molecule has 28 heavy (non-hydrogen) atoms. The van der Waals surface area contributed by atoms with Gasteiger partial charge in [0.1, 0.15) is 6.61 Å². The fraction of sp³-hybridized carbons (Fsp3) is 0.640. The van der Waals surface area contributed by atoms with Crippen molar-refractivity contribution in [2.45, 2.75) is 71.1 Å². The minimum absolute atomic E-state index is 0.214. The summed E-state index contributed by atoms with van der Waals surface area (Å²) in [5.74, 6) is 3.28. The number of nitrogens with zero attached hydrogens (tertiary/aromatic N) is 1. The van der Waals surface area contributed by atoms with Gasteiger partial charge in [-0.05, 0) is 74.0 Å². The molecule has 3 heteroatoms. The van der Waals surface area contributed by atoms with Crippen molar-refractivity contribution in [3.63, 3.8) is 0 Å². The van der Waals surface area contributed by atoms with Gasteiger partial charge < -0.3 is 4.74 Å². The monoisotopic (exact) mass is 383 g/mol. The van der Waals surface area contributed by atoms with Crippen LogP contribution in [-0.2, 0) is 0 Å². The highest BCUT2D eigenvalue weighted by Crippen LogP contribution is 2.42. The zero-order chi connectivity index (χ0) is 19.8. The lowest BCUT2D eigenvalue weighted by atomic mass is 9.68. The zero-order valence-corrected chi connectivity index (χ0v) is 17.2. The van der Waals surface area contributed by atoms with Crippen molar-refractivity contribution >= 4 is 0 Å². The molecule has 2 unspecified atom stereocenters. The van der Waals surface area contributed by atoms with E-state index in [0.717, 1.165) is 17.8 Å². The van der Waals surface area contributed by atoms with Gasteiger partial charge >= 0.3 is 0 Å². The molecule has 0 radical (unpaired) electrons. The topological polar surface area (TPSA) is 33.0 Å². The Hall–Kier alpha value is -1.82. The smallest absolute Gasteiger partial charge is 0.166 e. The molecule has 1 aromatic carbocycles. The Morgan fingerprint density at radius 3 is 2.68 bits per heavy atom. The zero-order valence-electron chi connectivity index (χ0n) is 17.2. The maximum absolute atomic E-state index is 13.8. The van der Waals surface area contributed by atoms with Gasteiger partial charge in [0.05, 0.1) is 11.6 Å². The Labute approximate surface area is 169 Å². The summed E-state index contributed by atoms with van der Waals surface area (Å²) in [7, 11) is 0. The van der Waals surface area contributed by atoms with Gasteiger partial charge in [-0.3, -0.25) is 0 Å². The Morgan fingerprint density at radius 2 is 1.96 bits per heavy atom. The lowest BCUT2D eigenvalue weighted by molar-refractivity contribution is 0.144. The van der Waals surface area contributed by atoms with Gasteiger partial charge in [0, 0.05) is 0 Å². The SMILES string of the molecule is CCCC1CCCC(C2CCC(/C=C/COc3ccc(C#N)cc3F)CC2)C1. The molecule has 0 bridgehead atoms. The van der Waals surface area contributed by atoms with Crippen LogP contribution >= 0.6 is 0 Å². The molecule has 2 aliphatic carbocycles. The highest BCUT2D eigenvalue weighted by molar-refractivity contribution is 5.36. The number of ether oxygens (including phenoxy) is 1. The van der Waals surface area contributed by atoms with Crippen LogP contribution in [0.4, 0.5) is 4.39 Å². The van der Waals surface area contributed by atoms with Crippen LogP contribution in [0.15, 0.2) is 30.4 Å². The van der Waals surface area contributed by atoms with Gasteiger partial charge in [-0.25, -0.2) is 4.39 Å². The van der Waals surface area contributed by atoms with E-state index in [4.69, 9.17) is 10.00 Å². The average molecular weight is 384 g/mol. The maximum atomic E-state index is 13.8. The second-order valence-corrected chi connectivity index (χ2v) is 8.75. The Bertz CT molecular complexity index is 682. The van der Waals surface area contributed by atoms with Gasteiger partial charge in [0.15, 0.2) is 11.6 Å². The van der Waals surface area contributed by atoms with Gasteiger partial charge in [0.25, 0.3) is 0 Å². The van der Waals surface area contributed by atoms with Crippen LogP contribution in [0, 0.1) is 40.8 Å². The molecule has 2 fully saturated rings. The predicted octanol–water partition coefficient (Wildman–Crippen LogP) is 7.05. The van der Waals surface area contributed by atoms with Crippen LogP contribution < -0.4 is 4.74 Å². The van der Waals surface area contributed by atoms with E-state index in [2.05, 4.69) is 13.0 Å². The molecule has 0 saturated heterocycles. The molecule has 1 aromatic rings. The van der Waals surface area contributed by atoms with Gasteiger partial charge in [-0.2, -0.15) is 5.26 Å². The first-order chi connectivity index (χ1) is 13.7. The quantitative estimate of drug-likeness (QED) is 0.473. The minimum Gasteiger partial charge on any atom is -0.486 e. The summed E-state index contributed by atoms with van der Waals surface area (Å²) in [6.45, 7) is 2.70. The Balaban J connectivity index is 1.39. The number of hydrogen-bond acceptors (Lipinski definition) is 2. The molecule has 2 nitrogen and oxygen atoms in total. The molecule has 0 heterocycles. The number of allylic oxidation sites excluding steroid dienone is 1. The molecule has 0 aliphatic heterocycles. The summed E-state index contributed by atoms with van der Waals surface area (Å²) in [4.78, 5) is 0. The van der Waals surface area contributed by atoms with Gasteiger partial charge in [-0.15, -0.1) is 0 Å². The van der Waals surface area contributed by atoms with E-state index >= 15 is 0 Å². The van der Waals surface area contributed by atoms with Crippen LogP contribution in [0.3, 0.4) is 0 Å². The summed E-state index contributed by atoms with van der Waals surface area (Å²) in [5.41, 5.74) is 0.316. The van der Waals surface area contributed by atoms with Crippen molar-refractivity contribution in [3.8, 4) is 11.8 Å². The van der Waals surface area contributed by atoms with E-state index in [1.807, 2.05) is 12.1 Å². The van der Waals surface area contributed by atoms with Crippen molar-refractivity contribution in [1.29, 1.82) is 5.26 Å². The third-order valence-electron chi connectivity index (χ3n) is 6.81. The number of halogens is 1. The van der Waals surface area contributed by atoms with Crippen LogP contribution in [0.1, 0.15) is 76.7 Å². The third-order valence-corrected chi connectivity index (χ3v) is 6.81. The second-order valence-electron chi connectivity index (χ2n) is 8.75. The molecular formula is C25H34FNO. The molecule has 2 saturated carbocycles. The Kier molecular flexibility index (Phi) is 7.95. The van der Waals surface area contributed by atoms with Crippen LogP contribution in [-0.4, -0.2) is 6.61 Å². The highest BCUT2D eigenvalue weighted by Gasteiger charge is 2.30. The summed E-state index contributed by atoms with van der Waals surface area (Å²) < 4.78 is 19.3. The van der Waals surface area contributed by atoms with Crippen molar-refractivity contribution in [2.24, 2.45) is 23.7 Å². The predicted molar refractivity (Wildman–Crippen MR) is 112 cm³/mol. The van der Waals surface area contributed by atoms with Crippen molar-refractivity contribution in [1.82, 2.24) is 0 Å². The molecule has 0 amide bonds. The molecular weight excluding hydrogens is 349 g/mol. The van der Waals surface area contributed by atoms with Crippen LogP contribution in [0.2, 0.25) is 0 Å². The Morgan fingerprint density at radius 1 is 1.14 bits per heavy atom. The van der Waals surface area contributed by atoms with E-state index in [9.17, 15) is 4.39 Å². The van der Waals surface area contributed by atoms with Crippen LogP contribution in [0.5, 0.6) is 5.75 Å². The number of hydrogen-bond donors (Lipinski definition) is 0. The van der Waals surface area contributed by atoms with Crippen molar-refractivity contribution in [2.75, 3.05) is 6.61 Å². The average Bonchev–Trinajstić information content (AvgIpc) is 2.73. The number of benzene rings is 1. The highest BCUT2D eigenvalue weighted by atomic mass is 19.1. The normalized spacial score (nSPS) is 28.2.